The van der Waals surface area contributed by atoms with Gasteiger partial charge in [0.25, 0.3) is 0 Å². The van der Waals surface area contributed by atoms with E-state index in [0.717, 1.165) is 47.5 Å². The van der Waals surface area contributed by atoms with Gasteiger partial charge in [-0.15, -0.1) is 0 Å². The Kier molecular flexibility index (Phi) is 3.31. The first-order valence-corrected chi connectivity index (χ1v) is 7.77. The minimum absolute atomic E-state index is 0.0776. The molecule has 1 aromatic carbocycles. The van der Waals surface area contributed by atoms with Crippen LogP contribution in [0.25, 0.3) is 22.3 Å². The Hall–Kier alpha value is -2.73. The third-order valence-corrected chi connectivity index (χ3v) is 4.21. The molecule has 6 heteroatoms. The maximum Gasteiger partial charge on any atom is 0.221 e. The molecule has 4 N–H and O–H groups in total. The lowest BCUT2D eigenvalue weighted by molar-refractivity contribution is -0.673. The molecule has 3 heterocycles. The molecular weight excluding hydrogens is 290 g/mol. The Labute approximate surface area is 133 Å². The fraction of sp³-hybridized carbons (Fsp3) is 0.235. The van der Waals surface area contributed by atoms with Crippen molar-refractivity contribution in [2.75, 3.05) is 11.9 Å². The molecule has 1 aliphatic heterocycles. The summed E-state index contributed by atoms with van der Waals surface area (Å²) in [6, 6.07) is 7.80. The Morgan fingerprint density at radius 3 is 3.17 bits per heavy atom. The molecule has 2 aromatic heterocycles. The lowest BCUT2D eigenvalue weighted by atomic mass is 9.97. The standard InChI is InChI=1S/C17H17N5O/c1-10(23)20-13-4-2-3-11(7-13)16-15-14-5-6-18-8-12(14)9-19-17(15)22-21-16/h2-4,7,9,18H,5-6,8H2,1H3,(H,20,23)(H,19,21,22)/p+1. The van der Waals surface area contributed by atoms with Crippen LogP contribution in [-0.4, -0.2) is 27.6 Å². The molecule has 6 nitrogen and oxygen atoms in total. The van der Waals surface area contributed by atoms with E-state index < -0.39 is 0 Å². The monoisotopic (exact) mass is 308 g/mol. The molecule has 0 fully saturated rings. The summed E-state index contributed by atoms with van der Waals surface area (Å²) in [6.07, 6.45) is 2.96. The fourth-order valence-corrected chi connectivity index (χ4v) is 3.22. The van der Waals surface area contributed by atoms with Crippen LogP contribution in [0.5, 0.6) is 0 Å². The molecule has 0 spiro atoms. The lowest BCUT2D eigenvalue weighted by Gasteiger charge is -2.15. The van der Waals surface area contributed by atoms with Gasteiger partial charge in [0.1, 0.15) is 6.54 Å². The number of carbonyl (C=O) groups excluding carboxylic acids is 1. The Morgan fingerprint density at radius 1 is 1.39 bits per heavy atom. The maximum absolute atomic E-state index is 11.3. The van der Waals surface area contributed by atoms with E-state index in [4.69, 9.17) is 0 Å². The van der Waals surface area contributed by atoms with Gasteiger partial charge in [-0.25, -0.2) is 4.98 Å². The molecule has 0 radical (unpaired) electrons. The summed E-state index contributed by atoms with van der Waals surface area (Å²) < 4.78 is 0. The Morgan fingerprint density at radius 2 is 2.30 bits per heavy atom. The Bertz CT molecular complexity index is 899. The number of pyridine rings is 1. The first-order valence-electron chi connectivity index (χ1n) is 7.77. The van der Waals surface area contributed by atoms with Gasteiger partial charge in [0.05, 0.1) is 17.6 Å². The second-order valence-electron chi connectivity index (χ2n) is 5.85. The molecule has 0 aliphatic carbocycles. The van der Waals surface area contributed by atoms with Crippen molar-refractivity contribution in [2.45, 2.75) is 19.9 Å². The number of anilines is 1. The van der Waals surface area contributed by atoms with Crippen molar-refractivity contribution in [1.29, 1.82) is 0 Å². The van der Waals surface area contributed by atoms with E-state index in [1.807, 2.05) is 30.5 Å². The highest BCUT2D eigenvalue weighted by atomic mass is 16.1. The van der Waals surface area contributed by atoms with Crippen molar-refractivity contribution >= 4 is 22.6 Å². The van der Waals surface area contributed by atoms with Crippen molar-refractivity contribution < 1.29 is 10.1 Å². The van der Waals surface area contributed by atoms with Gasteiger partial charge in [0, 0.05) is 36.4 Å². The minimum atomic E-state index is -0.0776. The summed E-state index contributed by atoms with van der Waals surface area (Å²) in [5.74, 6) is -0.0776. The highest BCUT2D eigenvalue weighted by Crippen LogP contribution is 2.31. The molecule has 23 heavy (non-hydrogen) atoms. The van der Waals surface area contributed by atoms with Crippen molar-refractivity contribution in [1.82, 2.24) is 15.2 Å². The largest absolute Gasteiger partial charge is 0.342 e. The van der Waals surface area contributed by atoms with Crippen LogP contribution < -0.4 is 10.6 Å². The summed E-state index contributed by atoms with van der Waals surface area (Å²) in [4.78, 5) is 15.7. The van der Waals surface area contributed by atoms with Crippen molar-refractivity contribution in [3.8, 4) is 11.3 Å². The van der Waals surface area contributed by atoms with Crippen molar-refractivity contribution in [3.63, 3.8) is 0 Å². The van der Waals surface area contributed by atoms with E-state index in [1.165, 1.54) is 18.1 Å². The van der Waals surface area contributed by atoms with Crippen molar-refractivity contribution in [2.24, 2.45) is 0 Å². The van der Waals surface area contributed by atoms with Gasteiger partial charge in [0.2, 0.25) is 5.91 Å². The van der Waals surface area contributed by atoms with Crippen molar-refractivity contribution in [3.05, 3.63) is 41.6 Å². The number of nitrogens with one attached hydrogen (secondary N) is 2. The minimum Gasteiger partial charge on any atom is -0.342 e. The number of nitrogens with two attached hydrogens (primary N) is 1. The molecule has 116 valence electrons. The molecule has 0 saturated heterocycles. The zero-order chi connectivity index (χ0) is 15.8. The zero-order valence-electron chi connectivity index (χ0n) is 12.9. The van der Waals surface area contributed by atoms with E-state index >= 15 is 0 Å². The van der Waals surface area contributed by atoms with Crippen LogP contribution in [-0.2, 0) is 17.8 Å². The van der Waals surface area contributed by atoms with Gasteiger partial charge >= 0.3 is 0 Å². The van der Waals surface area contributed by atoms with Crippen LogP contribution in [0.4, 0.5) is 5.69 Å². The van der Waals surface area contributed by atoms with Gasteiger partial charge < -0.3 is 10.6 Å². The van der Waals surface area contributed by atoms with E-state index in [9.17, 15) is 4.79 Å². The lowest BCUT2D eigenvalue weighted by Crippen LogP contribution is -2.84. The van der Waals surface area contributed by atoms with Crippen LogP contribution in [0.15, 0.2) is 30.5 Å². The molecule has 0 bridgehead atoms. The molecule has 3 aromatic rings. The number of amides is 1. The quantitative estimate of drug-likeness (QED) is 0.665. The van der Waals surface area contributed by atoms with Gasteiger partial charge in [-0.1, -0.05) is 12.1 Å². The third-order valence-electron chi connectivity index (χ3n) is 4.21. The van der Waals surface area contributed by atoms with E-state index in [2.05, 4.69) is 25.8 Å². The van der Waals surface area contributed by atoms with Gasteiger partial charge in [-0.05, 0) is 17.7 Å². The summed E-state index contributed by atoms with van der Waals surface area (Å²) in [7, 11) is 0. The molecule has 4 rings (SSSR count). The normalized spacial score (nSPS) is 13.8. The smallest absolute Gasteiger partial charge is 0.221 e. The highest BCUT2D eigenvalue weighted by molar-refractivity contribution is 5.95. The average molecular weight is 308 g/mol. The van der Waals surface area contributed by atoms with E-state index in [-0.39, 0.29) is 5.91 Å². The summed E-state index contributed by atoms with van der Waals surface area (Å²) in [5, 5.41) is 13.7. The zero-order valence-corrected chi connectivity index (χ0v) is 12.9. The van der Waals surface area contributed by atoms with Gasteiger partial charge in [-0.3, -0.25) is 9.89 Å². The number of quaternary nitrogens is 1. The number of carbonyl (C=O) groups is 1. The highest BCUT2D eigenvalue weighted by Gasteiger charge is 2.20. The summed E-state index contributed by atoms with van der Waals surface area (Å²) in [5.41, 5.74) is 6.13. The van der Waals surface area contributed by atoms with E-state index in [0.29, 0.717) is 0 Å². The van der Waals surface area contributed by atoms with E-state index in [1.54, 1.807) is 0 Å². The second-order valence-corrected chi connectivity index (χ2v) is 5.85. The summed E-state index contributed by atoms with van der Waals surface area (Å²) in [6.45, 7) is 3.56. The number of nitrogens with zero attached hydrogens (tertiary/aromatic N) is 2. The number of aromatic nitrogens is 3. The predicted molar refractivity (Wildman–Crippen MR) is 87.8 cm³/mol. The fourth-order valence-electron chi connectivity index (χ4n) is 3.22. The first kappa shape index (κ1) is 13.9. The van der Waals surface area contributed by atoms with Crippen LogP contribution in [0.3, 0.4) is 0 Å². The number of hydrogen-bond donors (Lipinski definition) is 3. The maximum atomic E-state index is 11.3. The number of rotatable bonds is 2. The Balaban J connectivity index is 1.87. The number of H-pyrrole nitrogens is 1. The second kappa shape index (κ2) is 5.48. The number of hydrogen-bond acceptors (Lipinski definition) is 3. The molecule has 1 amide bonds. The molecular formula is C17H18N5O+. The topological polar surface area (TPSA) is 87.3 Å². The molecule has 0 atom stereocenters. The molecule has 0 saturated carbocycles. The average Bonchev–Trinajstić information content (AvgIpc) is 2.99. The SMILES string of the molecule is CC(=O)Nc1cccc(-c2[nH]nc3ncc4c(c23)CC[NH2+]C4)c1. The predicted octanol–water partition coefficient (Wildman–Crippen LogP) is 1.20. The first-order chi connectivity index (χ1) is 11.2. The van der Waals surface area contributed by atoms with Crippen LogP contribution >= 0.6 is 0 Å². The molecule has 1 aliphatic rings. The van der Waals surface area contributed by atoms with Gasteiger partial charge in [-0.2, -0.15) is 5.10 Å². The number of aromatic amines is 1. The third kappa shape index (κ3) is 2.47. The van der Waals surface area contributed by atoms with Crippen LogP contribution in [0, 0.1) is 0 Å². The van der Waals surface area contributed by atoms with Gasteiger partial charge in [0.15, 0.2) is 5.65 Å². The number of benzene rings is 1. The molecule has 0 unspecified atom stereocenters. The van der Waals surface area contributed by atoms with Crippen LogP contribution in [0.1, 0.15) is 18.1 Å². The number of fused-ring (bicyclic) bond motifs is 3. The van der Waals surface area contributed by atoms with Crippen LogP contribution in [0.2, 0.25) is 0 Å². The summed E-state index contributed by atoms with van der Waals surface area (Å²) >= 11 is 0.